The summed E-state index contributed by atoms with van der Waals surface area (Å²) in [5, 5.41) is 13.7. The zero-order chi connectivity index (χ0) is 76.3. The molecule has 0 spiro atoms. The van der Waals surface area contributed by atoms with Crippen LogP contribution < -0.4 is 9.80 Å². The van der Waals surface area contributed by atoms with Crippen molar-refractivity contribution in [3.05, 3.63) is 425 Å². The summed E-state index contributed by atoms with van der Waals surface area (Å²) >= 11 is 0. The van der Waals surface area contributed by atoms with Gasteiger partial charge in [-0.1, -0.05) is 291 Å². The van der Waals surface area contributed by atoms with E-state index in [4.69, 9.17) is 8.83 Å². The van der Waals surface area contributed by atoms with E-state index in [1.54, 1.807) is 0 Å². The van der Waals surface area contributed by atoms with E-state index in [0.29, 0.717) is 0 Å². The fourth-order valence-corrected chi connectivity index (χ4v) is 18.3. The summed E-state index contributed by atoms with van der Waals surface area (Å²) in [5.74, 6) is 0. The minimum absolute atomic E-state index is 0.858. The topological polar surface area (TPSA) is 42.6 Å². The van der Waals surface area contributed by atoms with Gasteiger partial charge in [0.15, 0.2) is 0 Å². The summed E-state index contributed by atoms with van der Waals surface area (Å²) in [5.41, 5.74) is 30.2. The maximum absolute atomic E-state index is 6.83. The van der Waals surface area contributed by atoms with Crippen LogP contribution in [0, 0.1) is 0 Å². The number of benzene rings is 19. The highest BCUT2D eigenvalue weighted by Gasteiger charge is 2.26. The van der Waals surface area contributed by atoms with E-state index in [1.807, 2.05) is 0 Å². The Balaban J connectivity index is 0.586. The van der Waals surface area contributed by atoms with Crippen molar-refractivity contribution < 1.29 is 8.83 Å². The smallest absolute Gasteiger partial charge is 0.143 e. The molecule has 0 radical (unpaired) electrons. The normalized spacial score (nSPS) is 11.8. The van der Waals surface area contributed by atoms with E-state index >= 15 is 0 Å². The van der Waals surface area contributed by atoms with Crippen molar-refractivity contribution in [3.63, 3.8) is 0 Å². The van der Waals surface area contributed by atoms with Gasteiger partial charge in [0.2, 0.25) is 0 Å². The van der Waals surface area contributed by atoms with Crippen molar-refractivity contribution in [1.29, 1.82) is 0 Å². The van der Waals surface area contributed by atoms with Gasteiger partial charge in [-0.25, -0.2) is 0 Å². The molecule has 0 saturated carbocycles. The summed E-state index contributed by atoms with van der Waals surface area (Å²) in [7, 11) is 0. The Morgan fingerprint density at radius 3 is 1.21 bits per heavy atom. The second kappa shape index (κ2) is 27.2. The maximum Gasteiger partial charge on any atom is 0.143 e. The van der Waals surface area contributed by atoms with Gasteiger partial charge in [-0.05, 0) is 200 Å². The standard InChI is InChI=1S/C110H70N4O2/c1-3-22-71(23-4-1)74-50-59-83(60-51-74)113(101-40-17-13-34-92(101)95-37-21-43-106-108(95)97-66-55-78-25-8-10-32-90(78)110(97)116-106)99-38-15-11-30-87(99)80-56-64-94-91-33-12-16-39-100(91)114(104(94)69-80)84-61-52-76(53-62-84)73-46-44-72(45-47-73)75-48-57-82(58-49-75)111(86-63-67-103-98(70-86)93-35-14-18-41-102(93)112(103)81-27-5-2-6-28-81)85-29-19-26-79(68-85)88-36-20-42-105-107(88)96-65-54-77-24-7-9-31-89(77)109(96)115-105/h1-70H. The molecule has 0 N–H and O–H groups in total. The molecule has 4 heterocycles. The molecule has 19 aromatic carbocycles. The SMILES string of the molecule is c1ccc(-c2ccc(N(c3ccccc3-c3ccc4c5ccccc5n(-c5ccc(-c6ccc(-c7ccc(N(c8cccc(-c9cccc%10oc%11c%12ccccc%12ccc%11c9%10)c8)c8ccc9c(c8)c8ccccc8n9-c8ccccc8)cc7)cc6)cc5)c4c3)c3ccccc3-c3cccc4oc5c6ccccc6ccc5c34)cc2)cc1. The van der Waals surface area contributed by atoms with Crippen molar-refractivity contribution >= 4 is 143 Å². The molecule has 0 unspecified atom stereocenters. The number of furan rings is 2. The van der Waals surface area contributed by atoms with E-state index in [1.165, 1.54) is 32.6 Å². The molecular formula is C110H70N4O2. The van der Waals surface area contributed by atoms with Crippen LogP contribution in [0.2, 0.25) is 0 Å². The lowest BCUT2D eigenvalue weighted by Crippen LogP contribution is -2.12. The average molecular weight is 1480 g/mol. The number of para-hydroxylation sites is 5. The van der Waals surface area contributed by atoms with Crippen LogP contribution in [0.15, 0.2) is 433 Å². The second-order valence-corrected chi connectivity index (χ2v) is 30.2. The Bertz CT molecular complexity index is 7800. The third-order valence-corrected chi connectivity index (χ3v) is 23.7. The van der Waals surface area contributed by atoms with Gasteiger partial charge in [0.05, 0.1) is 33.4 Å². The maximum atomic E-state index is 6.83. The van der Waals surface area contributed by atoms with Gasteiger partial charge < -0.3 is 27.8 Å². The van der Waals surface area contributed by atoms with Crippen LogP contribution in [0.25, 0.3) is 187 Å². The Morgan fingerprint density at radius 2 is 0.578 bits per heavy atom. The van der Waals surface area contributed by atoms with Crippen LogP contribution in [-0.2, 0) is 0 Å². The van der Waals surface area contributed by atoms with Gasteiger partial charge in [0.25, 0.3) is 0 Å². The predicted molar refractivity (Wildman–Crippen MR) is 487 cm³/mol. The van der Waals surface area contributed by atoms with Crippen LogP contribution in [0.3, 0.4) is 0 Å². The molecule has 0 bridgehead atoms. The van der Waals surface area contributed by atoms with Gasteiger partial charge in [-0.15, -0.1) is 0 Å². The largest absolute Gasteiger partial charge is 0.455 e. The van der Waals surface area contributed by atoms with E-state index in [0.717, 1.165) is 189 Å². The summed E-state index contributed by atoms with van der Waals surface area (Å²) in [6.07, 6.45) is 0. The second-order valence-electron chi connectivity index (χ2n) is 30.2. The molecule has 116 heavy (non-hydrogen) atoms. The van der Waals surface area contributed by atoms with Crippen molar-refractivity contribution in [2.75, 3.05) is 9.80 Å². The van der Waals surface area contributed by atoms with Crippen molar-refractivity contribution in [3.8, 4) is 78.1 Å². The number of rotatable bonds is 14. The number of nitrogens with zero attached hydrogens (tertiary/aromatic N) is 4. The first-order valence-corrected chi connectivity index (χ1v) is 39.7. The number of fused-ring (bicyclic) bond motifs is 16. The molecule has 0 aliphatic carbocycles. The fraction of sp³-hybridized carbons (Fsp3) is 0. The molecule has 0 saturated heterocycles. The highest BCUT2D eigenvalue weighted by molar-refractivity contribution is 6.22. The van der Waals surface area contributed by atoms with Crippen molar-refractivity contribution in [2.24, 2.45) is 0 Å². The minimum Gasteiger partial charge on any atom is -0.455 e. The quantitative estimate of drug-likeness (QED) is 0.109. The monoisotopic (exact) mass is 1480 g/mol. The Morgan fingerprint density at radius 1 is 0.190 bits per heavy atom. The van der Waals surface area contributed by atoms with E-state index < -0.39 is 0 Å². The highest BCUT2D eigenvalue weighted by Crippen LogP contribution is 2.51. The van der Waals surface area contributed by atoms with Crippen LogP contribution in [0.5, 0.6) is 0 Å². The van der Waals surface area contributed by atoms with Gasteiger partial charge in [-0.2, -0.15) is 0 Å². The number of hydrogen-bond acceptors (Lipinski definition) is 4. The van der Waals surface area contributed by atoms with Crippen molar-refractivity contribution in [2.45, 2.75) is 0 Å². The molecule has 6 heteroatoms. The summed E-state index contributed by atoms with van der Waals surface area (Å²) in [6.45, 7) is 0. The predicted octanol–water partition coefficient (Wildman–Crippen LogP) is 30.9. The van der Waals surface area contributed by atoms with E-state index in [2.05, 4.69) is 444 Å². The first-order valence-electron chi connectivity index (χ1n) is 39.7. The van der Waals surface area contributed by atoms with Gasteiger partial charge in [-0.3, -0.25) is 0 Å². The van der Waals surface area contributed by atoms with E-state index in [9.17, 15) is 0 Å². The molecule has 23 aromatic rings. The molecule has 6 nitrogen and oxygen atoms in total. The molecule has 0 aliphatic heterocycles. The van der Waals surface area contributed by atoms with Crippen LogP contribution in [0.4, 0.5) is 34.1 Å². The van der Waals surface area contributed by atoms with Gasteiger partial charge in [0, 0.05) is 99.1 Å². The van der Waals surface area contributed by atoms with Crippen LogP contribution in [0.1, 0.15) is 0 Å². The van der Waals surface area contributed by atoms with Gasteiger partial charge >= 0.3 is 0 Å². The molecule has 542 valence electrons. The zero-order valence-electron chi connectivity index (χ0n) is 63.0. The first-order chi connectivity index (χ1) is 57.5. The Kier molecular flexibility index (Phi) is 15.5. The summed E-state index contributed by atoms with van der Waals surface area (Å²) in [4.78, 5) is 4.86. The molecule has 0 atom stereocenters. The lowest BCUT2D eigenvalue weighted by atomic mass is 9.95. The average Bonchev–Trinajstić information content (AvgIpc) is 1.49. The molecule has 0 aliphatic rings. The molecule has 23 rings (SSSR count). The van der Waals surface area contributed by atoms with Crippen molar-refractivity contribution in [1.82, 2.24) is 9.13 Å². The highest BCUT2D eigenvalue weighted by atomic mass is 16.3. The molecule has 4 aromatic heterocycles. The summed E-state index contributed by atoms with van der Waals surface area (Å²) < 4.78 is 18.4. The van der Waals surface area contributed by atoms with E-state index in [-0.39, 0.29) is 0 Å². The third kappa shape index (κ3) is 10.9. The lowest BCUT2D eigenvalue weighted by Gasteiger charge is -2.30. The zero-order valence-corrected chi connectivity index (χ0v) is 63.0. The lowest BCUT2D eigenvalue weighted by molar-refractivity contribution is 0.672. The first kappa shape index (κ1) is 66.3. The number of hydrogen-bond donors (Lipinski definition) is 0. The third-order valence-electron chi connectivity index (χ3n) is 23.7. The van der Waals surface area contributed by atoms with Crippen LogP contribution >= 0.6 is 0 Å². The summed E-state index contributed by atoms with van der Waals surface area (Å²) in [6, 6.07) is 155. The Hall–Kier alpha value is -15.5. The van der Waals surface area contributed by atoms with Crippen LogP contribution in [-0.4, -0.2) is 9.13 Å². The fourth-order valence-electron chi connectivity index (χ4n) is 18.3. The van der Waals surface area contributed by atoms with Gasteiger partial charge in [0.1, 0.15) is 22.3 Å². The number of aromatic nitrogens is 2. The minimum atomic E-state index is 0.858. The molecular weight excluding hydrogens is 1410 g/mol. The Labute approximate surface area is 669 Å². The molecule has 0 fully saturated rings. The number of anilines is 6. The molecule has 0 amide bonds.